The summed E-state index contributed by atoms with van der Waals surface area (Å²) in [5.74, 6) is 2.95. The molecule has 5 heteroatoms. The molecule has 5 aliphatic rings. The number of cyclic esters (lactones) is 2. The highest BCUT2D eigenvalue weighted by molar-refractivity contribution is 5.96. The number of carbonyl (C=O) groups is 3. The van der Waals surface area contributed by atoms with Gasteiger partial charge >= 0.3 is 17.9 Å². The van der Waals surface area contributed by atoms with Gasteiger partial charge in [-0.2, -0.15) is 0 Å². The Bertz CT molecular complexity index is 656. The van der Waals surface area contributed by atoms with E-state index in [1.165, 1.54) is 7.11 Å². The highest BCUT2D eigenvalue weighted by Crippen LogP contribution is 2.72. The van der Waals surface area contributed by atoms with Crippen LogP contribution in [0.1, 0.15) is 33.1 Å². The van der Waals surface area contributed by atoms with E-state index >= 15 is 0 Å². The Labute approximate surface area is 147 Å². The van der Waals surface area contributed by atoms with Gasteiger partial charge in [0.05, 0.1) is 24.9 Å². The lowest BCUT2D eigenvalue weighted by Crippen LogP contribution is -2.45. The van der Waals surface area contributed by atoms with Crippen LogP contribution in [-0.2, 0) is 23.9 Å². The third-order valence-electron chi connectivity index (χ3n) is 8.74. The zero-order valence-electron chi connectivity index (χ0n) is 15.0. The van der Waals surface area contributed by atoms with Crippen molar-refractivity contribution in [3.63, 3.8) is 0 Å². The SMILES string of the molecule is COC(=O)C1CC2CC1C1C3CC(C(C4C(=O)OC(=O)C4C)C3C)C21. The highest BCUT2D eigenvalue weighted by Gasteiger charge is 2.69. The van der Waals surface area contributed by atoms with Gasteiger partial charge in [-0.15, -0.1) is 0 Å². The fraction of sp³-hybridized carbons (Fsp3) is 0.850. The van der Waals surface area contributed by atoms with Gasteiger partial charge in [-0.1, -0.05) is 13.8 Å². The van der Waals surface area contributed by atoms with Gasteiger partial charge in [0.25, 0.3) is 0 Å². The molecule has 5 rings (SSSR count). The normalized spacial score (nSPS) is 55.6. The standard InChI is InChI=1S/C20H26O5/c1-7-10-6-13(14(7)15-8(2)18(21)25-20(15)23)16-9-4-11(17(10)16)12(5-9)19(22)24-3/h7-17H,4-6H2,1-3H3. The lowest BCUT2D eigenvalue weighted by molar-refractivity contribution is -0.154. The summed E-state index contributed by atoms with van der Waals surface area (Å²) in [6, 6.07) is 0. The van der Waals surface area contributed by atoms with Gasteiger partial charge in [0, 0.05) is 0 Å². The topological polar surface area (TPSA) is 69.7 Å². The van der Waals surface area contributed by atoms with Crippen LogP contribution in [0.3, 0.4) is 0 Å². The second kappa shape index (κ2) is 5.08. The van der Waals surface area contributed by atoms with Gasteiger partial charge in [-0.25, -0.2) is 0 Å². The van der Waals surface area contributed by atoms with Crippen molar-refractivity contribution in [2.75, 3.05) is 7.11 Å². The van der Waals surface area contributed by atoms with Crippen molar-refractivity contribution in [3.05, 3.63) is 0 Å². The molecule has 0 aromatic carbocycles. The fourth-order valence-electron chi connectivity index (χ4n) is 8.09. The Morgan fingerprint density at radius 1 is 0.960 bits per heavy atom. The summed E-state index contributed by atoms with van der Waals surface area (Å²) in [5.41, 5.74) is 0. The molecule has 1 aliphatic heterocycles. The van der Waals surface area contributed by atoms with Crippen molar-refractivity contribution in [3.8, 4) is 0 Å². The van der Waals surface area contributed by atoms with Gasteiger partial charge in [0.2, 0.25) is 0 Å². The fourth-order valence-corrected chi connectivity index (χ4v) is 8.09. The molecule has 0 radical (unpaired) electrons. The van der Waals surface area contributed by atoms with Crippen LogP contribution in [0.25, 0.3) is 0 Å². The highest BCUT2D eigenvalue weighted by atomic mass is 16.6. The summed E-state index contributed by atoms with van der Waals surface area (Å²) < 4.78 is 10.00. The van der Waals surface area contributed by atoms with Gasteiger partial charge in [0.1, 0.15) is 0 Å². The Balaban J connectivity index is 1.44. The summed E-state index contributed by atoms with van der Waals surface area (Å²) in [6.45, 7) is 4.11. The van der Waals surface area contributed by atoms with Crippen molar-refractivity contribution in [1.29, 1.82) is 0 Å². The lowest BCUT2D eigenvalue weighted by atomic mass is 9.58. The first-order valence-corrected chi connectivity index (χ1v) is 9.77. The summed E-state index contributed by atoms with van der Waals surface area (Å²) in [6.07, 6.45) is 3.25. The van der Waals surface area contributed by atoms with E-state index in [9.17, 15) is 14.4 Å². The molecular weight excluding hydrogens is 320 g/mol. The van der Waals surface area contributed by atoms with Crippen molar-refractivity contribution in [2.45, 2.75) is 33.1 Å². The quantitative estimate of drug-likeness (QED) is 0.436. The summed E-state index contributed by atoms with van der Waals surface area (Å²) in [4.78, 5) is 36.4. The molecule has 1 heterocycles. The molecule has 4 aliphatic carbocycles. The number of rotatable bonds is 2. The maximum absolute atomic E-state index is 12.3. The molecule has 11 unspecified atom stereocenters. The summed E-state index contributed by atoms with van der Waals surface area (Å²) in [7, 11) is 1.50. The van der Waals surface area contributed by atoms with Gasteiger partial charge in [0.15, 0.2) is 0 Å². The molecule has 0 N–H and O–H groups in total. The number of ether oxygens (including phenoxy) is 2. The zero-order chi connectivity index (χ0) is 17.6. The van der Waals surface area contributed by atoms with Crippen LogP contribution < -0.4 is 0 Å². The number of fused-ring (bicyclic) bond motifs is 9. The molecule has 4 saturated carbocycles. The number of esters is 3. The lowest BCUT2D eigenvalue weighted by Gasteiger charge is -2.45. The minimum absolute atomic E-state index is 0.0310. The van der Waals surface area contributed by atoms with E-state index in [1.54, 1.807) is 0 Å². The molecule has 0 aromatic heterocycles. The zero-order valence-corrected chi connectivity index (χ0v) is 15.0. The van der Waals surface area contributed by atoms with E-state index in [4.69, 9.17) is 9.47 Å². The van der Waals surface area contributed by atoms with Crippen LogP contribution in [-0.4, -0.2) is 25.0 Å². The average molecular weight is 346 g/mol. The second-order valence-corrected chi connectivity index (χ2v) is 9.23. The minimum Gasteiger partial charge on any atom is -0.469 e. The van der Waals surface area contributed by atoms with Crippen LogP contribution in [0.4, 0.5) is 0 Å². The van der Waals surface area contributed by atoms with Gasteiger partial charge in [-0.05, 0) is 66.6 Å². The largest absolute Gasteiger partial charge is 0.469 e. The van der Waals surface area contributed by atoms with Crippen molar-refractivity contribution >= 4 is 17.9 Å². The number of methoxy groups -OCH3 is 1. The van der Waals surface area contributed by atoms with E-state index in [-0.39, 0.29) is 41.6 Å². The summed E-state index contributed by atoms with van der Waals surface area (Å²) >= 11 is 0. The minimum atomic E-state index is -0.347. The van der Waals surface area contributed by atoms with E-state index in [0.717, 1.165) is 19.3 Å². The van der Waals surface area contributed by atoms with Crippen LogP contribution in [0, 0.1) is 65.1 Å². The van der Waals surface area contributed by atoms with Crippen LogP contribution in [0.5, 0.6) is 0 Å². The maximum Gasteiger partial charge on any atom is 0.317 e. The smallest absolute Gasteiger partial charge is 0.317 e. The molecule has 1 saturated heterocycles. The molecule has 5 nitrogen and oxygen atoms in total. The molecule has 4 bridgehead atoms. The number of carbonyl (C=O) groups excluding carboxylic acids is 3. The molecule has 0 spiro atoms. The average Bonchev–Trinajstić information content (AvgIpc) is 3.34. The molecule has 25 heavy (non-hydrogen) atoms. The molecular formula is C20H26O5. The van der Waals surface area contributed by atoms with Crippen molar-refractivity contribution in [1.82, 2.24) is 0 Å². The Morgan fingerprint density at radius 3 is 2.36 bits per heavy atom. The molecule has 11 atom stereocenters. The summed E-state index contributed by atoms with van der Waals surface area (Å²) in [5, 5.41) is 0. The third-order valence-corrected chi connectivity index (χ3v) is 8.74. The van der Waals surface area contributed by atoms with Crippen molar-refractivity contribution < 1.29 is 23.9 Å². The predicted octanol–water partition coefficient (Wildman–Crippen LogP) is 2.29. The Hall–Kier alpha value is -1.39. The molecule has 5 fully saturated rings. The van der Waals surface area contributed by atoms with E-state index in [2.05, 4.69) is 6.92 Å². The first-order chi connectivity index (χ1) is 11.9. The molecule has 0 amide bonds. The first kappa shape index (κ1) is 15.8. The maximum atomic E-state index is 12.3. The van der Waals surface area contributed by atoms with E-state index in [1.807, 2.05) is 6.92 Å². The van der Waals surface area contributed by atoms with Gasteiger partial charge in [-0.3, -0.25) is 14.4 Å². The van der Waals surface area contributed by atoms with Crippen LogP contribution >= 0.6 is 0 Å². The molecule has 0 aromatic rings. The van der Waals surface area contributed by atoms with Crippen LogP contribution in [0.2, 0.25) is 0 Å². The van der Waals surface area contributed by atoms with Crippen LogP contribution in [0.15, 0.2) is 0 Å². The predicted molar refractivity (Wildman–Crippen MR) is 86.7 cm³/mol. The third kappa shape index (κ3) is 1.82. The molecule has 136 valence electrons. The Kier molecular flexibility index (Phi) is 3.21. The van der Waals surface area contributed by atoms with Gasteiger partial charge < -0.3 is 9.47 Å². The number of hydrogen-bond acceptors (Lipinski definition) is 5. The number of hydrogen-bond donors (Lipinski definition) is 0. The first-order valence-electron chi connectivity index (χ1n) is 9.77. The van der Waals surface area contributed by atoms with Crippen molar-refractivity contribution in [2.24, 2.45) is 65.1 Å². The van der Waals surface area contributed by atoms with E-state index in [0.29, 0.717) is 41.4 Å². The second-order valence-electron chi connectivity index (χ2n) is 9.23. The Morgan fingerprint density at radius 2 is 1.72 bits per heavy atom. The monoisotopic (exact) mass is 346 g/mol. The van der Waals surface area contributed by atoms with E-state index < -0.39 is 0 Å².